The minimum atomic E-state index is -0.604. The minimum Gasteiger partial charge on any atom is -0.481 e. The number of likely N-dealkylation sites (tertiary alicyclic amines) is 2. The maximum absolute atomic E-state index is 12.2. The van der Waals surface area contributed by atoms with Gasteiger partial charge in [0.25, 0.3) is 0 Å². The number of carboxylic acids is 1. The molecule has 0 unspecified atom stereocenters. The van der Waals surface area contributed by atoms with Gasteiger partial charge in [-0.1, -0.05) is 18.4 Å². The molecule has 0 aromatic carbocycles. The summed E-state index contributed by atoms with van der Waals surface area (Å²) < 4.78 is 5.38. The van der Waals surface area contributed by atoms with Gasteiger partial charge in [0.15, 0.2) is 0 Å². The number of hydrogen-bond acceptors (Lipinski definition) is 4. The van der Waals surface area contributed by atoms with Crippen molar-refractivity contribution in [3.63, 3.8) is 0 Å². The van der Waals surface area contributed by atoms with Crippen LogP contribution in [0.2, 0.25) is 0 Å². The van der Waals surface area contributed by atoms with Crippen LogP contribution in [0.25, 0.3) is 6.08 Å². The third kappa shape index (κ3) is 3.15. The molecule has 1 aromatic heterocycles. The van der Waals surface area contributed by atoms with Crippen LogP contribution in [0.1, 0.15) is 38.4 Å². The summed E-state index contributed by atoms with van der Waals surface area (Å²) in [4.78, 5) is 17.0. The number of carboxylic acid groups (broad SMARTS) is 1. The second-order valence-corrected chi connectivity index (χ2v) is 8.20. The summed E-state index contributed by atoms with van der Waals surface area (Å²) >= 11 is 0. The fourth-order valence-corrected chi connectivity index (χ4v) is 5.19. The number of fused-ring (bicyclic) bond motifs is 1. The highest BCUT2D eigenvalue weighted by Crippen LogP contribution is 2.45. The zero-order chi connectivity index (χ0) is 17.4. The van der Waals surface area contributed by atoms with Gasteiger partial charge in [0, 0.05) is 44.7 Å². The smallest absolute Gasteiger partial charge is 0.312 e. The number of nitrogens with zero attached hydrogens (tertiary/aromatic N) is 2. The van der Waals surface area contributed by atoms with Gasteiger partial charge >= 0.3 is 5.97 Å². The van der Waals surface area contributed by atoms with Crippen molar-refractivity contribution < 1.29 is 14.3 Å². The van der Waals surface area contributed by atoms with E-state index < -0.39 is 11.4 Å². The second kappa shape index (κ2) is 6.61. The highest BCUT2D eigenvalue weighted by Gasteiger charge is 2.58. The normalized spacial score (nSPS) is 31.7. The Morgan fingerprint density at radius 1 is 1.36 bits per heavy atom. The van der Waals surface area contributed by atoms with Crippen LogP contribution in [0, 0.1) is 11.3 Å². The zero-order valence-electron chi connectivity index (χ0n) is 15.0. The molecule has 0 spiro atoms. The van der Waals surface area contributed by atoms with E-state index in [2.05, 4.69) is 16.7 Å². The SMILES string of the molecule is C/C(=C\c1ccco1)CN1C[C@@H]2CN(C3CCCC3)C[C@]2(C(=O)O)C1. The van der Waals surface area contributed by atoms with Crippen molar-refractivity contribution in [2.75, 3.05) is 32.7 Å². The molecule has 5 heteroatoms. The Morgan fingerprint density at radius 3 is 2.80 bits per heavy atom. The summed E-state index contributed by atoms with van der Waals surface area (Å²) in [5.74, 6) is 0.507. The van der Waals surface area contributed by atoms with Crippen molar-refractivity contribution in [1.29, 1.82) is 0 Å². The van der Waals surface area contributed by atoms with Crippen molar-refractivity contribution in [2.45, 2.75) is 38.6 Å². The third-order valence-corrected chi connectivity index (χ3v) is 6.38. The monoisotopic (exact) mass is 344 g/mol. The van der Waals surface area contributed by atoms with Gasteiger partial charge in [-0.2, -0.15) is 0 Å². The fourth-order valence-electron chi connectivity index (χ4n) is 5.19. The van der Waals surface area contributed by atoms with E-state index in [0.717, 1.165) is 31.9 Å². The van der Waals surface area contributed by atoms with E-state index in [-0.39, 0.29) is 5.92 Å². The highest BCUT2D eigenvalue weighted by molar-refractivity contribution is 5.77. The van der Waals surface area contributed by atoms with Gasteiger partial charge < -0.3 is 9.52 Å². The van der Waals surface area contributed by atoms with E-state index >= 15 is 0 Å². The molecule has 25 heavy (non-hydrogen) atoms. The van der Waals surface area contributed by atoms with Crippen molar-refractivity contribution >= 4 is 12.0 Å². The van der Waals surface area contributed by atoms with Crippen LogP contribution in [0.15, 0.2) is 28.4 Å². The predicted molar refractivity (Wildman–Crippen MR) is 96.2 cm³/mol. The third-order valence-electron chi connectivity index (χ3n) is 6.38. The lowest BCUT2D eigenvalue weighted by atomic mass is 9.81. The molecule has 2 saturated heterocycles. The topological polar surface area (TPSA) is 56.9 Å². The Labute approximate surface area is 149 Å². The second-order valence-electron chi connectivity index (χ2n) is 8.20. The molecule has 0 amide bonds. The molecule has 2 atom stereocenters. The molecule has 3 aliphatic rings. The number of rotatable bonds is 5. The van der Waals surface area contributed by atoms with Crippen LogP contribution < -0.4 is 0 Å². The molecule has 1 saturated carbocycles. The van der Waals surface area contributed by atoms with Crippen LogP contribution >= 0.6 is 0 Å². The van der Waals surface area contributed by atoms with E-state index in [1.807, 2.05) is 18.2 Å². The maximum atomic E-state index is 12.2. The lowest BCUT2D eigenvalue weighted by molar-refractivity contribution is -0.149. The first kappa shape index (κ1) is 16.9. The van der Waals surface area contributed by atoms with Gasteiger partial charge in [0.05, 0.1) is 11.7 Å². The summed E-state index contributed by atoms with van der Waals surface area (Å²) in [5, 5.41) is 10.0. The van der Waals surface area contributed by atoms with Gasteiger partial charge in [-0.05, 0) is 38.0 Å². The molecule has 3 heterocycles. The molecule has 3 fully saturated rings. The molecule has 5 nitrogen and oxygen atoms in total. The Morgan fingerprint density at radius 2 is 2.16 bits per heavy atom. The van der Waals surface area contributed by atoms with E-state index in [1.54, 1.807) is 6.26 Å². The Kier molecular flexibility index (Phi) is 4.46. The summed E-state index contributed by atoms with van der Waals surface area (Å²) in [6.45, 7) is 6.15. The summed E-state index contributed by atoms with van der Waals surface area (Å²) in [6, 6.07) is 4.45. The van der Waals surface area contributed by atoms with Crippen molar-refractivity contribution in [3.05, 3.63) is 29.7 Å². The Bertz CT molecular complexity index is 648. The highest BCUT2D eigenvalue weighted by atomic mass is 16.4. The first-order valence-electron chi connectivity index (χ1n) is 9.47. The van der Waals surface area contributed by atoms with Crippen LogP contribution in [0.5, 0.6) is 0 Å². The molecule has 2 aliphatic heterocycles. The predicted octanol–water partition coefficient (Wildman–Crippen LogP) is 2.94. The van der Waals surface area contributed by atoms with Gasteiger partial charge in [0.1, 0.15) is 5.76 Å². The van der Waals surface area contributed by atoms with E-state index in [1.165, 1.54) is 31.3 Å². The van der Waals surface area contributed by atoms with Gasteiger partial charge in [-0.3, -0.25) is 14.6 Å². The molecule has 1 aromatic rings. The quantitative estimate of drug-likeness (QED) is 0.890. The molecular formula is C20H28N2O3. The van der Waals surface area contributed by atoms with Crippen LogP contribution in [-0.2, 0) is 4.79 Å². The molecule has 0 bridgehead atoms. The number of hydrogen-bond donors (Lipinski definition) is 1. The lowest BCUT2D eigenvalue weighted by Gasteiger charge is -2.28. The summed E-state index contributed by atoms with van der Waals surface area (Å²) in [6.07, 6.45) is 8.82. The van der Waals surface area contributed by atoms with Gasteiger partial charge in [-0.25, -0.2) is 0 Å². The molecule has 136 valence electrons. The molecular weight excluding hydrogens is 316 g/mol. The summed E-state index contributed by atoms with van der Waals surface area (Å²) in [7, 11) is 0. The maximum Gasteiger partial charge on any atom is 0.312 e. The first-order valence-corrected chi connectivity index (χ1v) is 9.47. The van der Waals surface area contributed by atoms with E-state index in [9.17, 15) is 9.90 Å². The van der Waals surface area contributed by atoms with Gasteiger partial charge in [-0.15, -0.1) is 0 Å². The minimum absolute atomic E-state index is 0.252. The lowest BCUT2D eigenvalue weighted by Crippen LogP contribution is -2.42. The number of furan rings is 1. The Hall–Kier alpha value is -1.59. The van der Waals surface area contributed by atoms with Crippen molar-refractivity contribution in [3.8, 4) is 0 Å². The Balaban J connectivity index is 1.43. The number of aliphatic carboxylic acids is 1. The van der Waals surface area contributed by atoms with Crippen LogP contribution in [0.3, 0.4) is 0 Å². The zero-order valence-corrected chi connectivity index (χ0v) is 15.0. The average Bonchev–Trinajstić information content (AvgIpc) is 3.30. The van der Waals surface area contributed by atoms with E-state index in [4.69, 9.17) is 4.42 Å². The fraction of sp³-hybridized carbons (Fsp3) is 0.650. The summed E-state index contributed by atoms with van der Waals surface area (Å²) in [5.41, 5.74) is 0.635. The van der Waals surface area contributed by atoms with Gasteiger partial charge in [0.2, 0.25) is 0 Å². The molecule has 1 aliphatic carbocycles. The van der Waals surface area contributed by atoms with Crippen molar-refractivity contribution in [2.24, 2.45) is 11.3 Å². The largest absolute Gasteiger partial charge is 0.481 e. The first-order chi connectivity index (χ1) is 12.1. The standard InChI is InChI=1S/C20H28N2O3/c1-15(9-18-7-4-8-25-18)10-21-11-16-12-22(17-5-2-3-6-17)14-20(16,13-21)19(23)24/h4,7-9,16-17H,2-3,5-6,10-14H2,1H3,(H,23,24)/b15-9+/t16-,20-/m1/s1. The van der Waals surface area contributed by atoms with E-state index in [0.29, 0.717) is 12.6 Å². The molecule has 1 N–H and O–H groups in total. The number of carbonyl (C=O) groups is 1. The van der Waals surface area contributed by atoms with Crippen molar-refractivity contribution in [1.82, 2.24) is 9.80 Å². The molecule has 0 radical (unpaired) electrons. The molecule has 4 rings (SSSR count). The van der Waals surface area contributed by atoms with Crippen LogP contribution in [0.4, 0.5) is 0 Å². The average molecular weight is 344 g/mol. The van der Waals surface area contributed by atoms with Crippen LogP contribution in [-0.4, -0.2) is 59.6 Å².